The topological polar surface area (TPSA) is 50.9 Å². The third kappa shape index (κ3) is 4.12. The SMILES string of the molecule is C=C1c2cc(-c3cc(Nc4ccnn4C)ncc3Cl)cn2CCN1Cc1ccc(F)cc1C. The lowest BCUT2D eigenvalue weighted by atomic mass is 10.1. The van der Waals surface area contributed by atoms with Crippen molar-refractivity contribution in [2.24, 2.45) is 7.05 Å². The van der Waals surface area contributed by atoms with E-state index < -0.39 is 0 Å². The van der Waals surface area contributed by atoms with E-state index in [0.29, 0.717) is 17.4 Å². The fourth-order valence-electron chi connectivity index (χ4n) is 4.18. The predicted octanol–water partition coefficient (Wildman–Crippen LogP) is 5.61. The van der Waals surface area contributed by atoms with Crippen LogP contribution in [0.1, 0.15) is 16.8 Å². The Balaban J connectivity index is 1.41. The Morgan fingerprint density at radius 2 is 2.03 bits per heavy atom. The van der Waals surface area contributed by atoms with Crippen LogP contribution in [0.25, 0.3) is 16.8 Å². The van der Waals surface area contributed by atoms with Crippen LogP contribution in [0.4, 0.5) is 16.0 Å². The fourth-order valence-corrected chi connectivity index (χ4v) is 4.40. The molecule has 0 saturated carbocycles. The van der Waals surface area contributed by atoms with Gasteiger partial charge in [-0.2, -0.15) is 5.10 Å². The quantitative estimate of drug-likeness (QED) is 0.418. The molecule has 8 heteroatoms. The maximum Gasteiger partial charge on any atom is 0.132 e. The van der Waals surface area contributed by atoms with Crippen molar-refractivity contribution in [2.45, 2.75) is 20.0 Å². The zero-order valence-corrected chi connectivity index (χ0v) is 19.3. The van der Waals surface area contributed by atoms with Gasteiger partial charge in [0.25, 0.3) is 0 Å². The summed E-state index contributed by atoms with van der Waals surface area (Å²) in [5.74, 6) is 1.32. The average molecular weight is 463 g/mol. The van der Waals surface area contributed by atoms with Gasteiger partial charge >= 0.3 is 0 Å². The smallest absolute Gasteiger partial charge is 0.132 e. The number of hydrogen-bond acceptors (Lipinski definition) is 4. The summed E-state index contributed by atoms with van der Waals surface area (Å²) in [5, 5.41) is 8.03. The molecular formula is C25H24ClFN6. The second-order valence-electron chi connectivity index (χ2n) is 8.26. The second-order valence-corrected chi connectivity index (χ2v) is 8.67. The normalized spacial score (nSPS) is 13.3. The first-order valence-corrected chi connectivity index (χ1v) is 11.1. The number of pyridine rings is 1. The highest BCUT2D eigenvalue weighted by molar-refractivity contribution is 6.33. The number of nitrogens with one attached hydrogen (secondary N) is 1. The van der Waals surface area contributed by atoms with E-state index in [1.165, 1.54) is 6.07 Å². The Morgan fingerprint density at radius 3 is 2.79 bits per heavy atom. The first-order valence-electron chi connectivity index (χ1n) is 10.7. The fraction of sp³-hybridized carbons (Fsp3) is 0.200. The Labute approximate surface area is 196 Å². The van der Waals surface area contributed by atoms with Gasteiger partial charge in [0, 0.05) is 56.3 Å². The molecule has 1 aliphatic heterocycles. The molecule has 0 unspecified atom stereocenters. The number of nitrogens with zero attached hydrogens (tertiary/aromatic N) is 5. The molecule has 1 aromatic carbocycles. The van der Waals surface area contributed by atoms with Gasteiger partial charge in [-0.1, -0.05) is 24.2 Å². The van der Waals surface area contributed by atoms with Crippen LogP contribution in [-0.2, 0) is 20.1 Å². The van der Waals surface area contributed by atoms with E-state index in [-0.39, 0.29) is 5.82 Å². The number of hydrogen-bond donors (Lipinski definition) is 1. The molecular weight excluding hydrogens is 439 g/mol. The van der Waals surface area contributed by atoms with Crippen molar-refractivity contribution in [3.63, 3.8) is 0 Å². The Bertz CT molecular complexity index is 1350. The molecule has 0 amide bonds. The molecule has 4 aromatic rings. The Hall–Kier alpha value is -3.58. The van der Waals surface area contributed by atoms with Gasteiger partial charge in [0.2, 0.25) is 0 Å². The summed E-state index contributed by atoms with van der Waals surface area (Å²) in [6, 6.07) is 10.9. The number of rotatable bonds is 5. The lowest BCUT2D eigenvalue weighted by Crippen LogP contribution is -2.31. The van der Waals surface area contributed by atoms with Crippen LogP contribution in [0.15, 0.2) is 61.6 Å². The molecule has 0 bridgehead atoms. The molecule has 1 N–H and O–H groups in total. The highest BCUT2D eigenvalue weighted by Gasteiger charge is 2.22. The zero-order valence-electron chi connectivity index (χ0n) is 18.5. The van der Waals surface area contributed by atoms with Crippen LogP contribution >= 0.6 is 11.6 Å². The molecule has 0 saturated heterocycles. The summed E-state index contributed by atoms with van der Waals surface area (Å²) in [7, 11) is 1.87. The second kappa shape index (κ2) is 8.41. The van der Waals surface area contributed by atoms with Crippen molar-refractivity contribution in [1.82, 2.24) is 24.2 Å². The van der Waals surface area contributed by atoms with Crippen molar-refractivity contribution < 1.29 is 4.39 Å². The van der Waals surface area contributed by atoms with Gasteiger partial charge in [-0.3, -0.25) is 4.68 Å². The van der Waals surface area contributed by atoms with Crippen molar-refractivity contribution in [2.75, 3.05) is 11.9 Å². The van der Waals surface area contributed by atoms with Crippen molar-refractivity contribution in [3.8, 4) is 11.1 Å². The maximum atomic E-state index is 13.5. The van der Waals surface area contributed by atoms with E-state index in [0.717, 1.165) is 52.6 Å². The summed E-state index contributed by atoms with van der Waals surface area (Å²) >= 11 is 6.53. The molecule has 168 valence electrons. The molecule has 6 nitrogen and oxygen atoms in total. The molecule has 0 atom stereocenters. The van der Waals surface area contributed by atoms with Crippen LogP contribution in [0.5, 0.6) is 0 Å². The van der Waals surface area contributed by atoms with Gasteiger partial charge in [-0.05, 0) is 42.3 Å². The summed E-state index contributed by atoms with van der Waals surface area (Å²) in [6.45, 7) is 8.64. The van der Waals surface area contributed by atoms with Crippen LogP contribution in [-0.4, -0.2) is 30.8 Å². The van der Waals surface area contributed by atoms with Gasteiger partial charge in [0.05, 0.1) is 22.6 Å². The van der Waals surface area contributed by atoms with E-state index in [1.807, 2.05) is 32.2 Å². The third-order valence-electron chi connectivity index (χ3n) is 6.09. The van der Waals surface area contributed by atoms with E-state index in [9.17, 15) is 4.39 Å². The zero-order chi connectivity index (χ0) is 23.1. The van der Waals surface area contributed by atoms with E-state index >= 15 is 0 Å². The number of aromatic nitrogens is 4. The molecule has 0 radical (unpaired) electrons. The van der Waals surface area contributed by atoms with Crippen molar-refractivity contribution in [3.05, 3.63) is 89.2 Å². The van der Waals surface area contributed by atoms with E-state index in [1.54, 1.807) is 23.1 Å². The minimum atomic E-state index is -0.210. The van der Waals surface area contributed by atoms with Crippen LogP contribution in [0.2, 0.25) is 5.02 Å². The molecule has 0 fully saturated rings. The van der Waals surface area contributed by atoms with Crippen molar-refractivity contribution in [1.29, 1.82) is 0 Å². The maximum absolute atomic E-state index is 13.5. The summed E-state index contributed by atoms with van der Waals surface area (Å²) in [4.78, 5) is 6.65. The number of benzene rings is 1. The van der Waals surface area contributed by atoms with Crippen molar-refractivity contribution >= 4 is 28.9 Å². The molecule has 4 heterocycles. The van der Waals surface area contributed by atoms with Crippen LogP contribution < -0.4 is 5.32 Å². The minimum Gasteiger partial charge on any atom is -0.364 e. The van der Waals surface area contributed by atoms with Gasteiger partial charge in [-0.25, -0.2) is 9.37 Å². The highest BCUT2D eigenvalue weighted by atomic mass is 35.5. The van der Waals surface area contributed by atoms with E-state index in [2.05, 4.69) is 43.7 Å². The molecule has 0 spiro atoms. The number of aryl methyl sites for hydroxylation is 2. The number of fused-ring (bicyclic) bond motifs is 1. The van der Waals surface area contributed by atoms with Crippen LogP contribution in [0.3, 0.4) is 0 Å². The Kier molecular flexibility index (Phi) is 5.42. The Morgan fingerprint density at radius 1 is 1.18 bits per heavy atom. The molecule has 3 aromatic heterocycles. The lowest BCUT2D eigenvalue weighted by Gasteiger charge is -2.32. The number of anilines is 2. The molecule has 33 heavy (non-hydrogen) atoms. The first kappa shape index (κ1) is 21.3. The summed E-state index contributed by atoms with van der Waals surface area (Å²) in [6.07, 6.45) is 5.49. The lowest BCUT2D eigenvalue weighted by molar-refractivity contribution is 0.344. The molecule has 0 aliphatic carbocycles. The van der Waals surface area contributed by atoms with Crippen LogP contribution in [0, 0.1) is 12.7 Å². The monoisotopic (exact) mass is 462 g/mol. The van der Waals surface area contributed by atoms with Gasteiger partial charge in [0.15, 0.2) is 0 Å². The van der Waals surface area contributed by atoms with Gasteiger partial charge in [-0.15, -0.1) is 0 Å². The minimum absolute atomic E-state index is 0.210. The van der Waals surface area contributed by atoms with Gasteiger partial charge in [0.1, 0.15) is 17.5 Å². The summed E-state index contributed by atoms with van der Waals surface area (Å²) < 4.78 is 17.4. The largest absolute Gasteiger partial charge is 0.364 e. The third-order valence-corrected chi connectivity index (χ3v) is 6.40. The van der Waals surface area contributed by atoms with Gasteiger partial charge < -0.3 is 14.8 Å². The number of halogens is 2. The first-order chi connectivity index (χ1) is 15.9. The van der Waals surface area contributed by atoms with E-state index in [4.69, 9.17) is 11.6 Å². The predicted molar refractivity (Wildman–Crippen MR) is 130 cm³/mol. The molecule has 5 rings (SSSR count). The average Bonchev–Trinajstić information content (AvgIpc) is 3.40. The highest BCUT2D eigenvalue weighted by Crippen LogP contribution is 2.35. The summed E-state index contributed by atoms with van der Waals surface area (Å²) in [5.41, 5.74) is 5.93. The standard InChI is InChI=1S/C25H24ClFN6/c1-16-10-20(27)5-4-18(16)14-32-8-9-33-15-19(11-23(33)17(32)2)21-12-24(28-13-22(21)26)30-25-6-7-29-31(25)3/h4-7,10-13,15H,2,8-9,14H2,1,3H3,(H,28,30). The molecule has 1 aliphatic rings.